The lowest BCUT2D eigenvalue weighted by Crippen LogP contribution is -2.34. The van der Waals surface area contributed by atoms with Crippen LogP contribution in [0.1, 0.15) is 13.3 Å². The maximum absolute atomic E-state index is 10.4. The number of carboxylic acids is 2. The van der Waals surface area contributed by atoms with Gasteiger partial charge in [-0.2, -0.15) is 0 Å². The van der Waals surface area contributed by atoms with Gasteiger partial charge in [0.05, 0.1) is 0 Å². The monoisotopic (exact) mass is 190 g/mol. The Morgan fingerprint density at radius 1 is 1.31 bits per heavy atom. The van der Waals surface area contributed by atoms with Crippen LogP contribution in [-0.4, -0.2) is 38.2 Å². The van der Waals surface area contributed by atoms with Crippen molar-refractivity contribution in [2.75, 3.05) is 0 Å². The van der Waals surface area contributed by atoms with Gasteiger partial charge in [0.1, 0.15) is 5.57 Å². The summed E-state index contributed by atoms with van der Waals surface area (Å²) in [5.41, 5.74) is -0.956. The molecule has 0 aliphatic heterocycles. The van der Waals surface area contributed by atoms with Gasteiger partial charge < -0.3 is 20.4 Å². The number of rotatable bonds is 4. The molecule has 0 aromatic heterocycles. The quantitative estimate of drug-likeness (QED) is 0.340. The van der Waals surface area contributed by atoms with Gasteiger partial charge >= 0.3 is 11.9 Å². The largest absolute Gasteiger partial charge is 0.478 e. The second-order valence-corrected chi connectivity index (χ2v) is 2.37. The number of carboxylic acid groups (broad SMARTS) is 2. The van der Waals surface area contributed by atoms with E-state index < -0.39 is 23.3 Å². The Morgan fingerprint density at radius 3 is 2.00 bits per heavy atom. The van der Waals surface area contributed by atoms with Gasteiger partial charge in [0.2, 0.25) is 0 Å². The van der Waals surface area contributed by atoms with Gasteiger partial charge in [-0.25, -0.2) is 9.59 Å². The Balaban J connectivity index is 5.04. The van der Waals surface area contributed by atoms with Crippen LogP contribution in [0.3, 0.4) is 0 Å². The highest BCUT2D eigenvalue weighted by molar-refractivity contribution is 5.95. The summed E-state index contributed by atoms with van der Waals surface area (Å²) in [7, 11) is 0. The zero-order chi connectivity index (χ0) is 10.6. The number of hydrogen-bond donors (Lipinski definition) is 4. The Kier molecular flexibility index (Phi) is 3.58. The first kappa shape index (κ1) is 11.6. The van der Waals surface area contributed by atoms with E-state index in [0.29, 0.717) is 0 Å². The van der Waals surface area contributed by atoms with Gasteiger partial charge in [0, 0.05) is 12.5 Å². The zero-order valence-corrected chi connectivity index (χ0v) is 6.89. The molecule has 0 saturated heterocycles. The van der Waals surface area contributed by atoms with Crippen molar-refractivity contribution < 1.29 is 30.0 Å². The highest BCUT2D eigenvalue weighted by Gasteiger charge is 2.32. The molecule has 0 fully saturated rings. The van der Waals surface area contributed by atoms with Gasteiger partial charge in [0.25, 0.3) is 0 Å². The van der Waals surface area contributed by atoms with E-state index in [-0.39, 0.29) is 12.5 Å². The third-order valence-corrected chi connectivity index (χ3v) is 1.42. The minimum absolute atomic E-state index is 0.256. The SMILES string of the molecule is CCC(O)(O)/C(=C\C(=O)O)C(=O)O. The number of carbonyl (C=O) groups is 2. The van der Waals surface area contributed by atoms with Crippen molar-refractivity contribution in [1.82, 2.24) is 0 Å². The van der Waals surface area contributed by atoms with E-state index in [2.05, 4.69) is 0 Å². The lowest BCUT2D eigenvalue weighted by Gasteiger charge is -2.19. The average Bonchev–Trinajstić information content (AvgIpc) is 1.99. The summed E-state index contributed by atoms with van der Waals surface area (Å²) in [6, 6.07) is 0. The molecule has 0 saturated carbocycles. The molecule has 0 atom stereocenters. The maximum Gasteiger partial charge on any atom is 0.337 e. The van der Waals surface area contributed by atoms with E-state index in [1.807, 2.05) is 0 Å². The van der Waals surface area contributed by atoms with Crippen molar-refractivity contribution in [1.29, 1.82) is 0 Å². The first-order valence-electron chi connectivity index (χ1n) is 3.44. The molecule has 0 amide bonds. The minimum atomic E-state index is -2.61. The zero-order valence-electron chi connectivity index (χ0n) is 6.89. The predicted octanol–water partition coefficient (Wildman–Crippen LogP) is -0.827. The van der Waals surface area contributed by atoms with Crippen molar-refractivity contribution in [3.05, 3.63) is 11.6 Å². The van der Waals surface area contributed by atoms with Gasteiger partial charge in [-0.3, -0.25) is 0 Å². The Bertz CT molecular complexity index is 252. The fourth-order valence-electron chi connectivity index (χ4n) is 0.663. The van der Waals surface area contributed by atoms with Crippen molar-refractivity contribution in [3.63, 3.8) is 0 Å². The molecule has 0 unspecified atom stereocenters. The minimum Gasteiger partial charge on any atom is -0.478 e. The third kappa shape index (κ3) is 3.22. The van der Waals surface area contributed by atoms with E-state index in [4.69, 9.17) is 20.4 Å². The molecule has 0 aromatic carbocycles. The molecule has 0 aliphatic carbocycles. The molecule has 0 heterocycles. The molecule has 6 nitrogen and oxygen atoms in total. The van der Waals surface area contributed by atoms with E-state index in [9.17, 15) is 9.59 Å². The van der Waals surface area contributed by atoms with Crippen molar-refractivity contribution in [2.24, 2.45) is 0 Å². The summed E-state index contributed by atoms with van der Waals surface area (Å²) in [5, 5.41) is 34.8. The molecule has 6 heteroatoms. The fourth-order valence-corrected chi connectivity index (χ4v) is 0.663. The molecule has 0 bridgehead atoms. The van der Waals surface area contributed by atoms with Crippen LogP contribution >= 0.6 is 0 Å². The van der Waals surface area contributed by atoms with Crippen LogP contribution in [0, 0.1) is 0 Å². The fraction of sp³-hybridized carbons (Fsp3) is 0.429. The topological polar surface area (TPSA) is 115 Å². The first-order valence-corrected chi connectivity index (χ1v) is 3.44. The molecule has 0 rings (SSSR count). The van der Waals surface area contributed by atoms with Crippen molar-refractivity contribution in [3.8, 4) is 0 Å². The standard InChI is InChI=1S/C7H10O6/c1-2-7(12,13)4(6(10)11)3-5(8)9/h3,12-13H,2H2,1H3,(H,8,9)(H,10,11)/b4-3-. The summed E-state index contributed by atoms with van der Waals surface area (Å²) >= 11 is 0. The molecule has 74 valence electrons. The Labute approximate surface area is 73.7 Å². The first-order chi connectivity index (χ1) is 5.81. The Hall–Kier alpha value is -1.40. The van der Waals surface area contributed by atoms with Crippen LogP contribution in [0.15, 0.2) is 11.6 Å². The van der Waals surface area contributed by atoms with Crippen LogP contribution in [0.25, 0.3) is 0 Å². The Morgan fingerprint density at radius 2 is 1.77 bits per heavy atom. The normalized spacial score (nSPS) is 12.7. The molecule has 0 aliphatic rings. The molecular weight excluding hydrogens is 180 g/mol. The lowest BCUT2D eigenvalue weighted by atomic mass is 10.0. The lowest BCUT2D eigenvalue weighted by molar-refractivity contribution is -0.156. The highest BCUT2D eigenvalue weighted by atomic mass is 16.5. The average molecular weight is 190 g/mol. The van der Waals surface area contributed by atoms with E-state index >= 15 is 0 Å². The van der Waals surface area contributed by atoms with Crippen molar-refractivity contribution in [2.45, 2.75) is 19.1 Å². The molecule has 0 aromatic rings. The van der Waals surface area contributed by atoms with E-state index in [1.165, 1.54) is 6.92 Å². The van der Waals surface area contributed by atoms with Crippen LogP contribution < -0.4 is 0 Å². The summed E-state index contributed by atoms with van der Waals surface area (Å²) in [6.07, 6.45) is -0.0513. The number of aliphatic carboxylic acids is 2. The van der Waals surface area contributed by atoms with Crippen LogP contribution in [0.2, 0.25) is 0 Å². The highest BCUT2D eigenvalue weighted by Crippen LogP contribution is 2.17. The molecule has 13 heavy (non-hydrogen) atoms. The maximum atomic E-state index is 10.4. The summed E-state index contributed by atoms with van der Waals surface area (Å²) in [5.74, 6) is -5.82. The molecule has 0 spiro atoms. The summed E-state index contributed by atoms with van der Waals surface area (Å²) in [6.45, 7) is 1.32. The van der Waals surface area contributed by atoms with Gasteiger partial charge in [-0.15, -0.1) is 0 Å². The van der Waals surface area contributed by atoms with Crippen molar-refractivity contribution >= 4 is 11.9 Å². The second kappa shape index (κ2) is 4.01. The molecule has 4 N–H and O–H groups in total. The summed E-state index contributed by atoms with van der Waals surface area (Å²) in [4.78, 5) is 20.5. The van der Waals surface area contributed by atoms with Gasteiger partial charge in [-0.05, 0) is 0 Å². The van der Waals surface area contributed by atoms with E-state index in [1.54, 1.807) is 0 Å². The van der Waals surface area contributed by atoms with Gasteiger partial charge in [-0.1, -0.05) is 6.92 Å². The number of hydrogen-bond acceptors (Lipinski definition) is 4. The second-order valence-electron chi connectivity index (χ2n) is 2.37. The predicted molar refractivity (Wildman–Crippen MR) is 40.8 cm³/mol. The van der Waals surface area contributed by atoms with Gasteiger partial charge in [0.15, 0.2) is 5.79 Å². The third-order valence-electron chi connectivity index (χ3n) is 1.42. The molecular formula is C7H10O6. The molecule has 0 radical (unpaired) electrons. The number of aliphatic hydroxyl groups is 2. The van der Waals surface area contributed by atoms with Crippen LogP contribution in [0.4, 0.5) is 0 Å². The van der Waals surface area contributed by atoms with Crippen LogP contribution in [0.5, 0.6) is 0 Å². The van der Waals surface area contributed by atoms with E-state index in [0.717, 1.165) is 0 Å². The summed E-state index contributed by atoms with van der Waals surface area (Å²) < 4.78 is 0. The van der Waals surface area contributed by atoms with Crippen LogP contribution in [-0.2, 0) is 9.59 Å². The smallest absolute Gasteiger partial charge is 0.337 e.